The molecule has 34 heavy (non-hydrogen) atoms. The molecule has 0 saturated heterocycles. The van der Waals surface area contributed by atoms with Crippen LogP contribution >= 0.6 is 0 Å². The topological polar surface area (TPSA) is 57.5 Å². The van der Waals surface area contributed by atoms with Crippen LogP contribution in [0.2, 0.25) is 0 Å². The van der Waals surface area contributed by atoms with E-state index in [1.165, 1.54) is 109 Å². The van der Waals surface area contributed by atoms with Crippen molar-refractivity contribution < 1.29 is 33.9 Å². The van der Waals surface area contributed by atoms with Crippen LogP contribution in [-0.4, -0.2) is 23.4 Å². The predicted octanol–water partition coefficient (Wildman–Crippen LogP) is 10.1. The molecule has 0 fully saturated rings. The summed E-state index contributed by atoms with van der Waals surface area (Å²) >= 11 is 0.750. The molecule has 0 aromatic carbocycles. The third kappa shape index (κ3) is 76.8. The Morgan fingerprint density at radius 2 is 0.618 bits per heavy atom. The molecule has 0 aliphatic carbocycles. The van der Waals surface area contributed by atoms with E-state index in [0.29, 0.717) is 13.2 Å². The molecule has 2 N–H and O–H groups in total. The van der Waals surface area contributed by atoms with Gasteiger partial charge in [-0.15, -0.1) is 0 Å². The summed E-state index contributed by atoms with van der Waals surface area (Å²) in [6, 6.07) is 0. The van der Waals surface area contributed by atoms with E-state index in [4.69, 9.17) is 13.5 Å². The Kier molecular flexibility index (Phi) is 77.0. The molecule has 208 valence electrons. The minimum absolute atomic E-state index is 0.344. The molecular formula is C30H66O3Ti. The second-order valence-corrected chi connectivity index (χ2v) is 8.81. The number of hydrogen-bond acceptors (Lipinski definition) is 3. The number of rotatable bonds is 20. The molecule has 0 aliphatic heterocycles. The Morgan fingerprint density at radius 1 is 0.412 bits per heavy atom. The van der Waals surface area contributed by atoms with Crippen molar-refractivity contribution in [2.45, 2.75) is 169 Å². The fourth-order valence-electron chi connectivity index (χ4n) is 2.82. The van der Waals surface area contributed by atoms with Crippen molar-refractivity contribution in [2.24, 2.45) is 0 Å². The number of hydrogen-bond donors (Lipinski definition) is 2. The molecule has 0 rings (SSSR count). The van der Waals surface area contributed by atoms with E-state index in [9.17, 15) is 0 Å². The fraction of sp³-hybridized carbons (Fsp3) is 0.933. The first kappa shape index (κ1) is 44.4. The van der Waals surface area contributed by atoms with Crippen LogP contribution in [0.1, 0.15) is 169 Å². The first-order valence-corrected chi connectivity index (χ1v) is 15.3. The van der Waals surface area contributed by atoms with Gasteiger partial charge in [-0.1, -0.05) is 143 Å². The van der Waals surface area contributed by atoms with Gasteiger partial charge in [0.1, 0.15) is 0 Å². The minimum atomic E-state index is 0.344. The van der Waals surface area contributed by atoms with E-state index in [1.807, 2.05) is 0 Å². The monoisotopic (exact) mass is 522 g/mol. The summed E-state index contributed by atoms with van der Waals surface area (Å²) in [4.78, 5) is 0. The maximum atomic E-state index is 8.67. The Hall–Kier alpha value is 0.434. The average Bonchev–Trinajstić information content (AvgIpc) is 2.88. The van der Waals surface area contributed by atoms with E-state index < -0.39 is 0 Å². The van der Waals surface area contributed by atoms with E-state index in [0.717, 1.165) is 52.5 Å². The summed E-state index contributed by atoms with van der Waals surface area (Å²) in [5, 5.41) is 16.7. The van der Waals surface area contributed by atoms with Crippen molar-refractivity contribution >= 4 is 0 Å². The average molecular weight is 523 g/mol. The van der Waals surface area contributed by atoms with Crippen LogP contribution < -0.4 is 0 Å². The first-order valence-electron chi connectivity index (χ1n) is 14.7. The van der Waals surface area contributed by atoms with E-state index in [2.05, 4.69) is 41.5 Å². The summed E-state index contributed by atoms with van der Waals surface area (Å²) in [6.45, 7) is 16.5. The van der Waals surface area contributed by atoms with Crippen molar-refractivity contribution in [1.29, 1.82) is 0 Å². The SMILES string of the molecule is CCCCCCCCCCCCCCCCCCO.CCCCO.[CH2-]CCC.[CH2-]CCC.[O]=[Ti+2]. The second-order valence-electron chi connectivity index (χ2n) is 8.81. The Bertz CT molecular complexity index is 227. The molecule has 0 aromatic rings. The number of aliphatic hydroxyl groups is 2. The van der Waals surface area contributed by atoms with E-state index in [1.54, 1.807) is 0 Å². The van der Waals surface area contributed by atoms with Crippen LogP contribution in [-0.2, 0) is 23.7 Å². The van der Waals surface area contributed by atoms with Crippen molar-refractivity contribution in [2.75, 3.05) is 13.2 Å². The zero-order chi connectivity index (χ0) is 27.0. The third-order valence-corrected chi connectivity index (χ3v) is 5.23. The molecule has 0 saturated carbocycles. The predicted molar refractivity (Wildman–Crippen MR) is 150 cm³/mol. The van der Waals surface area contributed by atoms with Crippen LogP contribution in [0.5, 0.6) is 0 Å². The fourth-order valence-corrected chi connectivity index (χ4v) is 2.82. The second kappa shape index (κ2) is 58.9. The van der Waals surface area contributed by atoms with Gasteiger partial charge in [0.05, 0.1) is 0 Å². The Labute approximate surface area is 229 Å². The van der Waals surface area contributed by atoms with Crippen LogP contribution in [0.25, 0.3) is 0 Å². The molecule has 0 atom stereocenters. The van der Waals surface area contributed by atoms with Gasteiger partial charge in [-0.2, -0.15) is 12.8 Å². The molecule has 0 heterocycles. The van der Waals surface area contributed by atoms with Crippen LogP contribution in [0.4, 0.5) is 0 Å². The van der Waals surface area contributed by atoms with Crippen molar-refractivity contribution in [3.63, 3.8) is 0 Å². The van der Waals surface area contributed by atoms with Crippen molar-refractivity contribution in [3.05, 3.63) is 13.8 Å². The van der Waals surface area contributed by atoms with Crippen molar-refractivity contribution in [3.8, 4) is 0 Å². The van der Waals surface area contributed by atoms with Gasteiger partial charge in [0.15, 0.2) is 0 Å². The van der Waals surface area contributed by atoms with Gasteiger partial charge in [-0.05, 0) is 12.8 Å². The van der Waals surface area contributed by atoms with Crippen LogP contribution in [0, 0.1) is 13.8 Å². The number of unbranched alkanes of at least 4 members (excludes halogenated alkanes) is 18. The zero-order valence-electron chi connectivity index (χ0n) is 24.2. The molecular weight excluding hydrogens is 456 g/mol. The molecule has 0 unspecified atom stereocenters. The van der Waals surface area contributed by atoms with E-state index in [-0.39, 0.29) is 0 Å². The molecule has 3 nitrogen and oxygen atoms in total. The Balaban J connectivity index is -0.000000152. The standard InChI is InChI=1S/C18H38O.C4H10O.2C4H9.O.Ti/c1-2-3-4-5-6-7-8-9-10-11-12-13-14-15-16-17-18-19;1-2-3-4-5;2*1-3-4-2;;/h19H,2-18H2,1H3;5H,2-4H2,1H3;2*1,3-4H2,2H3;;/q;;2*-1;;+2. The first-order chi connectivity index (χ1) is 16.7. The van der Waals surface area contributed by atoms with Crippen molar-refractivity contribution in [1.82, 2.24) is 0 Å². The molecule has 0 aliphatic rings. The van der Waals surface area contributed by atoms with Crippen LogP contribution in [0.3, 0.4) is 0 Å². The summed E-state index contributed by atoms with van der Waals surface area (Å²) in [5.41, 5.74) is 0. The van der Waals surface area contributed by atoms with Gasteiger partial charge in [0.25, 0.3) is 0 Å². The van der Waals surface area contributed by atoms with E-state index >= 15 is 0 Å². The third-order valence-electron chi connectivity index (χ3n) is 5.23. The Morgan fingerprint density at radius 3 is 0.765 bits per heavy atom. The van der Waals surface area contributed by atoms with Gasteiger partial charge in [-0.25, -0.2) is 0 Å². The molecule has 0 amide bonds. The number of aliphatic hydroxyl groups excluding tert-OH is 2. The zero-order valence-corrected chi connectivity index (χ0v) is 25.7. The summed E-state index contributed by atoms with van der Waals surface area (Å²) in [6.07, 6.45) is 28.8. The van der Waals surface area contributed by atoms with Gasteiger partial charge in [-0.3, -0.25) is 0 Å². The quantitative estimate of drug-likeness (QED) is 0.0950. The summed E-state index contributed by atoms with van der Waals surface area (Å²) < 4.78 is 8.25. The summed E-state index contributed by atoms with van der Waals surface area (Å²) in [7, 11) is 0. The van der Waals surface area contributed by atoms with Crippen LogP contribution in [0.15, 0.2) is 0 Å². The van der Waals surface area contributed by atoms with Gasteiger partial charge < -0.3 is 24.1 Å². The van der Waals surface area contributed by atoms with Gasteiger partial charge in [0.2, 0.25) is 0 Å². The summed E-state index contributed by atoms with van der Waals surface area (Å²) in [5.74, 6) is 0. The molecule has 0 radical (unpaired) electrons. The van der Waals surface area contributed by atoms with Gasteiger partial charge >= 0.3 is 23.7 Å². The van der Waals surface area contributed by atoms with Gasteiger partial charge in [0, 0.05) is 13.2 Å². The molecule has 0 aromatic heterocycles. The maximum absolute atomic E-state index is 8.67. The molecule has 0 bridgehead atoms. The molecule has 4 heteroatoms. The molecule has 0 spiro atoms. The normalized spacial score (nSPS) is 9.35.